The Bertz CT molecular complexity index is 381. The topological polar surface area (TPSA) is 15.7 Å². The van der Waals surface area contributed by atoms with E-state index in [1.54, 1.807) is 0 Å². The summed E-state index contributed by atoms with van der Waals surface area (Å²) < 4.78 is 5.42. The first-order chi connectivity index (χ1) is 9.90. The van der Waals surface area contributed by atoms with Crippen LogP contribution in [0.1, 0.15) is 18.4 Å². The van der Waals surface area contributed by atoms with Gasteiger partial charge in [0.05, 0.1) is 13.2 Å². The highest BCUT2D eigenvalue weighted by Crippen LogP contribution is 2.20. The van der Waals surface area contributed by atoms with Crippen molar-refractivity contribution in [1.29, 1.82) is 0 Å². The van der Waals surface area contributed by atoms with Crippen LogP contribution in [0.5, 0.6) is 0 Å². The molecule has 0 bridgehead atoms. The molecule has 1 aromatic rings. The van der Waals surface area contributed by atoms with E-state index in [4.69, 9.17) is 4.74 Å². The lowest BCUT2D eigenvalue weighted by Crippen LogP contribution is -2.42. The van der Waals surface area contributed by atoms with Crippen LogP contribution in [0.3, 0.4) is 0 Å². The summed E-state index contributed by atoms with van der Waals surface area (Å²) in [5.74, 6) is 0.889. The molecular formula is C17H26N2O. The number of ether oxygens (including phenoxy) is 1. The monoisotopic (exact) mass is 274 g/mol. The predicted molar refractivity (Wildman–Crippen MR) is 81.7 cm³/mol. The summed E-state index contributed by atoms with van der Waals surface area (Å²) in [6.07, 6.45) is 2.70. The molecule has 0 radical (unpaired) electrons. The van der Waals surface area contributed by atoms with Crippen LogP contribution in [0.2, 0.25) is 0 Å². The smallest absolute Gasteiger partial charge is 0.0594 e. The molecule has 20 heavy (non-hydrogen) atoms. The van der Waals surface area contributed by atoms with Gasteiger partial charge in [-0.3, -0.25) is 9.80 Å². The second-order valence-corrected chi connectivity index (χ2v) is 6.12. The van der Waals surface area contributed by atoms with E-state index in [2.05, 4.69) is 40.1 Å². The number of likely N-dealkylation sites (tertiary alicyclic amines) is 1. The van der Waals surface area contributed by atoms with Crippen molar-refractivity contribution < 1.29 is 4.74 Å². The summed E-state index contributed by atoms with van der Waals surface area (Å²) in [5, 5.41) is 0. The molecule has 0 spiro atoms. The summed E-state index contributed by atoms with van der Waals surface area (Å²) in [7, 11) is 0. The highest BCUT2D eigenvalue weighted by Gasteiger charge is 2.22. The number of hydrogen-bond acceptors (Lipinski definition) is 3. The number of piperidine rings is 1. The molecule has 0 amide bonds. The van der Waals surface area contributed by atoms with Gasteiger partial charge in [-0.1, -0.05) is 30.3 Å². The fourth-order valence-corrected chi connectivity index (χ4v) is 3.32. The van der Waals surface area contributed by atoms with Gasteiger partial charge in [0.2, 0.25) is 0 Å². The van der Waals surface area contributed by atoms with Gasteiger partial charge in [-0.25, -0.2) is 0 Å². The van der Waals surface area contributed by atoms with Gasteiger partial charge in [-0.2, -0.15) is 0 Å². The number of morpholine rings is 1. The fourth-order valence-electron chi connectivity index (χ4n) is 3.32. The van der Waals surface area contributed by atoms with E-state index >= 15 is 0 Å². The molecule has 0 aromatic heterocycles. The minimum atomic E-state index is 0.889. The number of nitrogens with zero attached hydrogens (tertiary/aromatic N) is 2. The Kier molecular flexibility index (Phi) is 5.06. The Hall–Kier alpha value is -0.900. The van der Waals surface area contributed by atoms with Crippen molar-refractivity contribution in [2.24, 2.45) is 5.92 Å². The van der Waals surface area contributed by atoms with Gasteiger partial charge in [0.25, 0.3) is 0 Å². The van der Waals surface area contributed by atoms with Crippen molar-refractivity contribution in [3.63, 3.8) is 0 Å². The minimum Gasteiger partial charge on any atom is -0.379 e. The zero-order valence-electron chi connectivity index (χ0n) is 12.3. The molecule has 2 saturated heterocycles. The van der Waals surface area contributed by atoms with Crippen molar-refractivity contribution >= 4 is 0 Å². The maximum absolute atomic E-state index is 5.42. The van der Waals surface area contributed by atoms with Crippen molar-refractivity contribution in [3.05, 3.63) is 35.9 Å². The fraction of sp³-hybridized carbons (Fsp3) is 0.647. The van der Waals surface area contributed by atoms with Gasteiger partial charge in [-0.15, -0.1) is 0 Å². The average Bonchev–Trinajstić information content (AvgIpc) is 2.51. The molecule has 3 nitrogen and oxygen atoms in total. The molecule has 0 aliphatic carbocycles. The quantitative estimate of drug-likeness (QED) is 0.837. The van der Waals surface area contributed by atoms with Crippen LogP contribution in [0.15, 0.2) is 30.3 Å². The number of benzene rings is 1. The zero-order valence-corrected chi connectivity index (χ0v) is 12.3. The first-order valence-electron chi connectivity index (χ1n) is 7.96. The van der Waals surface area contributed by atoms with Crippen molar-refractivity contribution in [2.75, 3.05) is 45.9 Å². The standard InChI is InChI=1S/C17H26N2O/c1-2-4-16(5-3-1)14-18-8-6-17(7-9-18)15-19-10-12-20-13-11-19/h1-5,17H,6-15H2. The highest BCUT2D eigenvalue weighted by atomic mass is 16.5. The number of hydrogen-bond donors (Lipinski definition) is 0. The van der Waals surface area contributed by atoms with Crippen LogP contribution in [0, 0.1) is 5.92 Å². The third-order valence-electron chi connectivity index (χ3n) is 4.58. The Morgan fingerprint density at radius 2 is 1.60 bits per heavy atom. The van der Waals surface area contributed by atoms with Gasteiger partial charge in [0, 0.05) is 26.2 Å². The SMILES string of the molecule is c1ccc(CN2CCC(CN3CCOCC3)CC2)cc1. The molecule has 0 N–H and O–H groups in total. The molecule has 2 aliphatic rings. The number of rotatable bonds is 4. The molecule has 0 unspecified atom stereocenters. The molecule has 0 saturated carbocycles. The molecule has 3 heteroatoms. The molecule has 110 valence electrons. The average molecular weight is 274 g/mol. The highest BCUT2D eigenvalue weighted by molar-refractivity contribution is 5.14. The van der Waals surface area contributed by atoms with Gasteiger partial charge >= 0.3 is 0 Å². The Morgan fingerprint density at radius 1 is 0.900 bits per heavy atom. The third-order valence-corrected chi connectivity index (χ3v) is 4.58. The molecule has 2 fully saturated rings. The Morgan fingerprint density at radius 3 is 2.30 bits per heavy atom. The first kappa shape index (κ1) is 14.1. The maximum Gasteiger partial charge on any atom is 0.0594 e. The van der Waals surface area contributed by atoms with E-state index in [1.165, 1.54) is 38.0 Å². The van der Waals surface area contributed by atoms with Gasteiger partial charge in [-0.05, 0) is 37.4 Å². The van der Waals surface area contributed by atoms with Crippen LogP contribution in [-0.4, -0.2) is 55.7 Å². The van der Waals surface area contributed by atoms with E-state index in [-0.39, 0.29) is 0 Å². The van der Waals surface area contributed by atoms with Crippen LogP contribution >= 0.6 is 0 Å². The van der Waals surface area contributed by atoms with Crippen LogP contribution < -0.4 is 0 Å². The van der Waals surface area contributed by atoms with E-state index in [0.717, 1.165) is 38.8 Å². The molecule has 2 aliphatic heterocycles. The van der Waals surface area contributed by atoms with Crippen LogP contribution in [-0.2, 0) is 11.3 Å². The summed E-state index contributed by atoms with van der Waals surface area (Å²) in [4.78, 5) is 5.19. The zero-order chi connectivity index (χ0) is 13.6. The summed E-state index contributed by atoms with van der Waals surface area (Å²) in [6, 6.07) is 10.8. The van der Waals surface area contributed by atoms with Gasteiger partial charge in [0.1, 0.15) is 0 Å². The molecule has 0 atom stereocenters. The summed E-state index contributed by atoms with van der Waals surface area (Å²) >= 11 is 0. The lowest BCUT2D eigenvalue weighted by molar-refractivity contribution is 0.0242. The Labute approximate surface area is 122 Å². The van der Waals surface area contributed by atoms with Gasteiger partial charge < -0.3 is 4.74 Å². The van der Waals surface area contributed by atoms with E-state index in [1.807, 2.05) is 0 Å². The second kappa shape index (κ2) is 7.21. The molecule has 3 rings (SSSR count). The molecular weight excluding hydrogens is 248 g/mol. The summed E-state index contributed by atoms with van der Waals surface area (Å²) in [5.41, 5.74) is 1.44. The molecule has 2 heterocycles. The van der Waals surface area contributed by atoms with Crippen molar-refractivity contribution in [3.8, 4) is 0 Å². The minimum absolute atomic E-state index is 0.889. The second-order valence-electron chi connectivity index (χ2n) is 6.12. The predicted octanol–water partition coefficient (Wildman–Crippen LogP) is 2.23. The summed E-state index contributed by atoms with van der Waals surface area (Å²) in [6.45, 7) is 9.01. The lowest BCUT2D eigenvalue weighted by Gasteiger charge is -2.36. The lowest BCUT2D eigenvalue weighted by atomic mass is 9.95. The first-order valence-corrected chi connectivity index (χ1v) is 7.96. The largest absolute Gasteiger partial charge is 0.379 e. The van der Waals surface area contributed by atoms with Crippen molar-refractivity contribution in [1.82, 2.24) is 9.80 Å². The van der Waals surface area contributed by atoms with Crippen LogP contribution in [0.4, 0.5) is 0 Å². The normalized spacial score (nSPS) is 23.0. The maximum atomic E-state index is 5.42. The molecule has 1 aromatic carbocycles. The van der Waals surface area contributed by atoms with Crippen molar-refractivity contribution in [2.45, 2.75) is 19.4 Å². The van der Waals surface area contributed by atoms with Gasteiger partial charge in [0.15, 0.2) is 0 Å². The van der Waals surface area contributed by atoms with E-state index in [0.29, 0.717) is 0 Å². The van der Waals surface area contributed by atoms with E-state index < -0.39 is 0 Å². The van der Waals surface area contributed by atoms with E-state index in [9.17, 15) is 0 Å². The Balaban J connectivity index is 1.40. The van der Waals surface area contributed by atoms with Crippen LogP contribution in [0.25, 0.3) is 0 Å². The third kappa shape index (κ3) is 4.05.